The van der Waals surface area contributed by atoms with Gasteiger partial charge in [-0.15, -0.1) is 0 Å². The number of nitrogens with zero attached hydrogens (tertiary/aromatic N) is 2. The molecule has 1 aromatic rings. The molecule has 2 saturated heterocycles. The fraction of sp³-hybridized carbons (Fsp3) is 0.632. The van der Waals surface area contributed by atoms with Gasteiger partial charge < -0.3 is 10.1 Å². The molecule has 2 heterocycles. The molecule has 2 aliphatic heterocycles. The Labute approximate surface area is 175 Å². The minimum absolute atomic E-state index is 0.177. The van der Waals surface area contributed by atoms with Crippen molar-refractivity contribution in [1.29, 1.82) is 0 Å². The van der Waals surface area contributed by atoms with E-state index in [1.165, 1.54) is 10.4 Å². The minimum atomic E-state index is -3.56. The number of morpholine rings is 1. The highest BCUT2D eigenvalue weighted by molar-refractivity contribution is 9.10. The van der Waals surface area contributed by atoms with E-state index in [4.69, 9.17) is 4.74 Å². The normalized spacial score (nSPS) is 19.5. The zero-order valence-electron chi connectivity index (χ0n) is 16.0. The zero-order valence-corrected chi connectivity index (χ0v) is 18.4. The van der Waals surface area contributed by atoms with Crippen LogP contribution in [-0.2, 0) is 14.8 Å². The maximum Gasteiger partial charge on any atom is 0.252 e. The van der Waals surface area contributed by atoms with E-state index < -0.39 is 10.0 Å². The number of carbonyl (C=O) groups is 1. The van der Waals surface area contributed by atoms with Crippen LogP contribution in [0.15, 0.2) is 27.6 Å². The summed E-state index contributed by atoms with van der Waals surface area (Å²) in [6.07, 6.45) is 3.66. The highest BCUT2D eigenvalue weighted by atomic mass is 79.9. The third-order valence-corrected chi connectivity index (χ3v) is 7.76. The maximum absolute atomic E-state index is 12.9. The van der Waals surface area contributed by atoms with E-state index in [1.807, 2.05) is 0 Å². The number of amides is 1. The molecule has 1 N–H and O–H groups in total. The van der Waals surface area contributed by atoms with Crippen molar-refractivity contribution >= 4 is 31.9 Å². The van der Waals surface area contributed by atoms with Crippen LogP contribution in [0.4, 0.5) is 0 Å². The summed E-state index contributed by atoms with van der Waals surface area (Å²) in [4.78, 5) is 15.1. The third-order valence-electron chi connectivity index (χ3n) is 5.18. The summed E-state index contributed by atoms with van der Waals surface area (Å²) in [5, 5.41) is 2.90. The maximum atomic E-state index is 12.9. The van der Waals surface area contributed by atoms with E-state index in [1.54, 1.807) is 12.1 Å². The first kappa shape index (κ1) is 21.7. The molecule has 0 atom stereocenters. The number of carbonyl (C=O) groups excluding carboxylic acids is 1. The van der Waals surface area contributed by atoms with Crippen LogP contribution >= 0.6 is 15.9 Å². The number of hydrogen-bond acceptors (Lipinski definition) is 5. The van der Waals surface area contributed by atoms with Crippen LogP contribution in [0, 0.1) is 0 Å². The number of ether oxygens (including phenoxy) is 1. The largest absolute Gasteiger partial charge is 0.379 e. The molecule has 0 saturated carbocycles. The quantitative estimate of drug-likeness (QED) is 0.613. The molecule has 0 aromatic heterocycles. The average molecular weight is 474 g/mol. The Morgan fingerprint density at radius 1 is 1.11 bits per heavy atom. The first-order chi connectivity index (χ1) is 13.5. The summed E-state index contributed by atoms with van der Waals surface area (Å²) >= 11 is 3.37. The molecular formula is C19H28BrN3O4S. The summed E-state index contributed by atoms with van der Waals surface area (Å²) in [5.41, 5.74) is 0.351. The zero-order chi connectivity index (χ0) is 20.0. The SMILES string of the molecule is O=C(NCCCN1CCOCC1)c1cc(S(=O)(=O)N2CCCCC2)ccc1Br. The van der Waals surface area contributed by atoms with Gasteiger partial charge in [0, 0.05) is 37.2 Å². The van der Waals surface area contributed by atoms with E-state index >= 15 is 0 Å². The molecule has 1 aromatic carbocycles. The molecule has 0 unspecified atom stereocenters. The van der Waals surface area contributed by atoms with Crippen molar-refractivity contribution in [1.82, 2.24) is 14.5 Å². The lowest BCUT2D eigenvalue weighted by molar-refractivity contribution is 0.0374. The van der Waals surface area contributed by atoms with Gasteiger partial charge >= 0.3 is 0 Å². The smallest absolute Gasteiger partial charge is 0.252 e. The van der Waals surface area contributed by atoms with Gasteiger partial charge in [-0.2, -0.15) is 4.31 Å². The lowest BCUT2D eigenvalue weighted by atomic mass is 10.2. The molecule has 0 radical (unpaired) electrons. The van der Waals surface area contributed by atoms with Crippen molar-refractivity contribution in [2.45, 2.75) is 30.6 Å². The summed E-state index contributed by atoms with van der Waals surface area (Å²) in [5.74, 6) is -0.260. The Bertz CT molecular complexity index is 775. The third kappa shape index (κ3) is 5.54. The second-order valence-electron chi connectivity index (χ2n) is 7.17. The van der Waals surface area contributed by atoms with E-state index in [-0.39, 0.29) is 10.8 Å². The van der Waals surface area contributed by atoms with Crippen LogP contribution in [0.3, 0.4) is 0 Å². The number of benzene rings is 1. The molecule has 28 heavy (non-hydrogen) atoms. The summed E-state index contributed by atoms with van der Waals surface area (Å²) in [7, 11) is -3.56. The highest BCUT2D eigenvalue weighted by Gasteiger charge is 2.27. The van der Waals surface area contributed by atoms with Crippen molar-refractivity contribution in [3.63, 3.8) is 0 Å². The van der Waals surface area contributed by atoms with Crippen molar-refractivity contribution < 1.29 is 17.9 Å². The van der Waals surface area contributed by atoms with Crippen LogP contribution in [0.25, 0.3) is 0 Å². The standard InChI is InChI=1S/C19H28BrN3O4S/c20-18-6-5-16(28(25,26)23-9-2-1-3-10-23)15-17(18)19(24)21-7-4-8-22-11-13-27-14-12-22/h5-6,15H,1-4,7-14H2,(H,21,24). The Morgan fingerprint density at radius 3 is 2.54 bits per heavy atom. The Kier molecular flexibility index (Phi) is 7.87. The van der Waals surface area contributed by atoms with Gasteiger partial charge in [0.05, 0.1) is 23.7 Å². The van der Waals surface area contributed by atoms with Crippen LogP contribution in [-0.4, -0.2) is 76.0 Å². The Hall–Kier alpha value is -1.00. The van der Waals surface area contributed by atoms with Gasteiger partial charge in [-0.3, -0.25) is 9.69 Å². The number of sulfonamides is 1. The lowest BCUT2D eigenvalue weighted by Gasteiger charge is -2.26. The average Bonchev–Trinajstić information content (AvgIpc) is 2.72. The number of hydrogen-bond donors (Lipinski definition) is 1. The van der Waals surface area contributed by atoms with Crippen LogP contribution in [0.2, 0.25) is 0 Å². The first-order valence-corrected chi connectivity index (χ1v) is 12.1. The molecule has 2 fully saturated rings. The number of rotatable bonds is 7. The molecular weight excluding hydrogens is 446 g/mol. The molecule has 0 aliphatic carbocycles. The van der Waals surface area contributed by atoms with Gasteiger partial charge in [-0.1, -0.05) is 6.42 Å². The molecule has 9 heteroatoms. The minimum Gasteiger partial charge on any atom is -0.379 e. The predicted molar refractivity (Wildman–Crippen MR) is 111 cm³/mol. The lowest BCUT2D eigenvalue weighted by Crippen LogP contribution is -2.38. The van der Waals surface area contributed by atoms with Gasteiger partial charge in [-0.25, -0.2) is 8.42 Å². The molecule has 3 rings (SSSR count). The predicted octanol–water partition coefficient (Wildman–Crippen LogP) is 2.08. The second kappa shape index (κ2) is 10.2. The van der Waals surface area contributed by atoms with E-state index in [9.17, 15) is 13.2 Å². The van der Waals surface area contributed by atoms with Crippen molar-refractivity contribution in [2.24, 2.45) is 0 Å². The molecule has 1 amide bonds. The molecule has 7 nitrogen and oxygen atoms in total. The Morgan fingerprint density at radius 2 is 1.82 bits per heavy atom. The fourth-order valence-electron chi connectivity index (χ4n) is 3.52. The number of nitrogens with one attached hydrogen (secondary N) is 1. The van der Waals surface area contributed by atoms with Gasteiger partial charge in [0.25, 0.3) is 5.91 Å². The van der Waals surface area contributed by atoms with E-state index in [2.05, 4.69) is 26.1 Å². The number of halogens is 1. The Balaban J connectivity index is 1.59. The van der Waals surface area contributed by atoms with Crippen molar-refractivity contribution in [2.75, 3.05) is 52.5 Å². The van der Waals surface area contributed by atoms with E-state index in [0.29, 0.717) is 29.7 Å². The van der Waals surface area contributed by atoms with Crippen LogP contribution in [0.5, 0.6) is 0 Å². The molecule has 2 aliphatic rings. The molecule has 156 valence electrons. The molecule has 0 spiro atoms. The van der Waals surface area contributed by atoms with Crippen molar-refractivity contribution in [3.8, 4) is 0 Å². The van der Waals surface area contributed by atoms with Crippen molar-refractivity contribution in [3.05, 3.63) is 28.2 Å². The van der Waals surface area contributed by atoms with Gasteiger partial charge in [-0.05, 0) is 59.9 Å². The topological polar surface area (TPSA) is 79.0 Å². The van der Waals surface area contributed by atoms with Crippen LogP contribution in [0.1, 0.15) is 36.0 Å². The number of piperidine rings is 1. The molecule has 0 bridgehead atoms. The second-order valence-corrected chi connectivity index (χ2v) is 9.96. The summed E-state index contributed by atoms with van der Waals surface area (Å²) < 4.78 is 33.2. The van der Waals surface area contributed by atoms with Gasteiger partial charge in [0.15, 0.2) is 0 Å². The summed E-state index contributed by atoms with van der Waals surface area (Å²) in [6, 6.07) is 4.67. The first-order valence-electron chi connectivity index (χ1n) is 9.86. The monoisotopic (exact) mass is 473 g/mol. The van der Waals surface area contributed by atoms with E-state index in [0.717, 1.165) is 58.5 Å². The fourth-order valence-corrected chi connectivity index (χ4v) is 5.49. The van der Waals surface area contributed by atoms with Crippen LogP contribution < -0.4 is 5.32 Å². The summed E-state index contributed by atoms with van der Waals surface area (Å²) in [6.45, 7) is 5.92. The van der Waals surface area contributed by atoms with Gasteiger partial charge in [0.2, 0.25) is 10.0 Å². The van der Waals surface area contributed by atoms with Gasteiger partial charge in [0.1, 0.15) is 0 Å². The highest BCUT2D eigenvalue weighted by Crippen LogP contribution is 2.25.